The normalized spacial score (nSPS) is 9.92. The van der Waals surface area contributed by atoms with Crippen LogP contribution >= 0.6 is 28.6 Å². The van der Waals surface area contributed by atoms with Crippen molar-refractivity contribution in [2.24, 2.45) is 0 Å². The summed E-state index contributed by atoms with van der Waals surface area (Å²) < 4.78 is 0.813. The van der Waals surface area contributed by atoms with E-state index in [0.717, 1.165) is 10.0 Å². The van der Waals surface area contributed by atoms with E-state index in [1.54, 1.807) is 13.0 Å². The molecule has 0 amide bonds. The smallest absolute Gasteiger partial charge is 0.335 e. The maximum absolute atomic E-state index is 10.6. The van der Waals surface area contributed by atoms with Gasteiger partial charge in [0.15, 0.2) is 0 Å². The molecule has 0 atom stereocenters. The van der Waals surface area contributed by atoms with Gasteiger partial charge in [0.25, 0.3) is 0 Å². The molecule has 0 bridgehead atoms. The van der Waals surface area contributed by atoms with E-state index in [-0.39, 0.29) is 0 Å². The predicted molar refractivity (Wildman–Crippen MR) is 53.1 cm³/mol. The summed E-state index contributed by atoms with van der Waals surface area (Å²) in [5, 5.41) is 8.73. The molecule has 0 saturated carbocycles. The summed E-state index contributed by atoms with van der Waals surface area (Å²) in [6, 6.07) is 3.27. The van der Waals surface area contributed by atoms with Gasteiger partial charge in [-0.25, -0.2) is 4.79 Å². The molecule has 2 nitrogen and oxygen atoms in total. The third-order valence-electron chi connectivity index (χ3n) is 1.52. The van der Waals surface area contributed by atoms with E-state index < -0.39 is 5.97 Å². The Morgan fingerprint density at radius 1 is 1.58 bits per heavy atom. The highest BCUT2D eigenvalue weighted by Gasteiger charge is 2.08. The standard InChI is InChI=1S/C8H7BrO2S/c1-4-2-6(9)7(12)3-5(4)8(10)11/h2-3,12H,1H3,(H,10,11). The van der Waals surface area contributed by atoms with Crippen molar-refractivity contribution in [1.29, 1.82) is 0 Å². The van der Waals surface area contributed by atoms with Crippen LogP contribution in [0.25, 0.3) is 0 Å². The zero-order valence-corrected chi connectivity index (χ0v) is 8.82. The van der Waals surface area contributed by atoms with Gasteiger partial charge in [0.05, 0.1) is 5.56 Å². The number of carboxylic acid groups (broad SMARTS) is 1. The van der Waals surface area contributed by atoms with Crippen LogP contribution in [0.3, 0.4) is 0 Å². The lowest BCUT2D eigenvalue weighted by molar-refractivity contribution is 0.0696. The first-order valence-electron chi connectivity index (χ1n) is 3.25. The molecule has 0 spiro atoms. The molecule has 1 N–H and O–H groups in total. The molecular weight excluding hydrogens is 240 g/mol. The SMILES string of the molecule is Cc1cc(Br)c(S)cc1C(=O)O. The Labute approximate surface area is 84.1 Å². The van der Waals surface area contributed by atoms with Crippen LogP contribution < -0.4 is 0 Å². The number of carboxylic acids is 1. The highest BCUT2D eigenvalue weighted by molar-refractivity contribution is 9.10. The van der Waals surface area contributed by atoms with Gasteiger partial charge in [-0.1, -0.05) is 0 Å². The number of halogens is 1. The van der Waals surface area contributed by atoms with Gasteiger partial charge in [-0.3, -0.25) is 0 Å². The summed E-state index contributed by atoms with van der Waals surface area (Å²) in [5.41, 5.74) is 1.02. The van der Waals surface area contributed by atoms with Gasteiger partial charge in [-0.15, -0.1) is 12.6 Å². The second-order valence-electron chi connectivity index (χ2n) is 2.42. The van der Waals surface area contributed by atoms with Crippen molar-refractivity contribution in [3.63, 3.8) is 0 Å². The van der Waals surface area contributed by atoms with Crippen molar-refractivity contribution in [3.05, 3.63) is 27.7 Å². The fourth-order valence-electron chi connectivity index (χ4n) is 0.892. The van der Waals surface area contributed by atoms with Gasteiger partial charge in [-0.2, -0.15) is 0 Å². The van der Waals surface area contributed by atoms with Crippen LogP contribution in [0, 0.1) is 6.92 Å². The minimum absolute atomic E-state index is 0.295. The van der Waals surface area contributed by atoms with Crippen LogP contribution in [0.15, 0.2) is 21.5 Å². The lowest BCUT2D eigenvalue weighted by Gasteiger charge is -2.03. The monoisotopic (exact) mass is 246 g/mol. The fourth-order valence-corrected chi connectivity index (χ4v) is 1.54. The minimum Gasteiger partial charge on any atom is -0.478 e. The Morgan fingerprint density at radius 2 is 2.17 bits per heavy atom. The average Bonchev–Trinajstić information content (AvgIpc) is 1.96. The van der Waals surface area contributed by atoms with E-state index in [1.165, 1.54) is 6.07 Å². The van der Waals surface area contributed by atoms with Crippen LogP contribution in [0.1, 0.15) is 15.9 Å². The largest absolute Gasteiger partial charge is 0.478 e. The van der Waals surface area contributed by atoms with Gasteiger partial charge in [0.2, 0.25) is 0 Å². The first kappa shape index (κ1) is 9.61. The number of carbonyl (C=O) groups is 1. The molecule has 0 aliphatic carbocycles. The second kappa shape index (κ2) is 3.49. The molecule has 1 aromatic rings. The Balaban J connectivity index is 3.33. The summed E-state index contributed by atoms with van der Waals surface area (Å²) in [7, 11) is 0. The van der Waals surface area contributed by atoms with E-state index in [1.807, 2.05) is 0 Å². The molecular formula is C8H7BrO2S. The molecule has 1 rings (SSSR count). The molecule has 0 saturated heterocycles. The number of thiol groups is 1. The van der Waals surface area contributed by atoms with Gasteiger partial charge in [0.1, 0.15) is 0 Å². The number of aryl methyl sites for hydroxylation is 1. The van der Waals surface area contributed by atoms with E-state index in [2.05, 4.69) is 28.6 Å². The first-order chi connectivity index (χ1) is 5.52. The van der Waals surface area contributed by atoms with Gasteiger partial charge in [0, 0.05) is 9.37 Å². The molecule has 0 aliphatic rings. The van der Waals surface area contributed by atoms with Crippen LogP contribution in [-0.2, 0) is 0 Å². The first-order valence-corrected chi connectivity index (χ1v) is 4.49. The summed E-state index contributed by atoms with van der Waals surface area (Å²) in [6.45, 7) is 1.75. The molecule has 4 heteroatoms. The second-order valence-corrected chi connectivity index (χ2v) is 3.76. The third kappa shape index (κ3) is 1.81. The van der Waals surface area contributed by atoms with E-state index >= 15 is 0 Å². The van der Waals surface area contributed by atoms with Crippen molar-refractivity contribution in [2.75, 3.05) is 0 Å². The summed E-state index contributed by atoms with van der Waals surface area (Å²) >= 11 is 7.36. The molecule has 0 unspecified atom stereocenters. The van der Waals surface area contributed by atoms with Crippen LogP contribution in [0.2, 0.25) is 0 Å². The number of aromatic carboxylic acids is 1. The highest BCUT2D eigenvalue weighted by Crippen LogP contribution is 2.24. The molecule has 12 heavy (non-hydrogen) atoms. The van der Waals surface area contributed by atoms with Crippen LogP contribution in [0.5, 0.6) is 0 Å². The lowest BCUT2D eigenvalue weighted by atomic mass is 10.1. The highest BCUT2D eigenvalue weighted by atomic mass is 79.9. The van der Waals surface area contributed by atoms with Crippen molar-refractivity contribution in [1.82, 2.24) is 0 Å². The van der Waals surface area contributed by atoms with Crippen molar-refractivity contribution in [2.45, 2.75) is 11.8 Å². The molecule has 0 aromatic heterocycles. The van der Waals surface area contributed by atoms with Gasteiger partial charge in [-0.05, 0) is 40.5 Å². The minimum atomic E-state index is -0.921. The zero-order valence-electron chi connectivity index (χ0n) is 6.34. The molecule has 0 radical (unpaired) electrons. The summed E-state index contributed by atoms with van der Waals surface area (Å²) in [4.78, 5) is 11.3. The van der Waals surface area contributed by atoms with E-state index in [9.17, 15) is 4.79 Å². The number of rotatable bonds is 1. The van der Waals surface area contributed by atoms with E-state index in [4.69, 9.17) is 5.11 Å². The van der Waals surface area contributed by atoms with Gasteiger partial charge >= 0.3 is 5.97 Å². The molecule has 0 fully saturated rings. The summed E-state index contributed by atoms with van der Waals surface area (Å²) in [6.07, 6.45) is 0. The predicted octanol–water partition coefficient (Wildman–Crippen LogP) is 2.74. The molecule has 64 valence electrons. The average molecular weight is 247 g/mol. The third-order valence-corrected chi connectivity index (χ3v) is 2.86. The number of benzene rings is 1. The Hall–Kier alpha value is -0.480. The topological polar surface area (TPSA) is 37.3 Å². The van der Waals surface area contributed by atoms with Crippen molar-refractivity contribution in [3.8, 4) is 0 Å². The fraction of sp³-hybridized carbons (Fsp3) is 0.125. The maximum atomic E-state index is 10.6. The Bertz CT molecular complexity index is 336. The van der Waals surface area contributed by atoms with Crippen LogP contribution in [-0.4, -0.2) is 11.1 Å². The van der Waals surface area contributed by atoms with Gasteiger partial charge < -0.3 is 5.11 Å². The zero-order chi connectivity index (χ0) is 9.30. The molecule has 0 heterocycles. The van der Waals surface area contributed by atoms with Crippen molar-refractivity contribution < 1.29 is 9.90 Å². The number of hydrogen-bond acceptors (Lipinski definition) is 2. The quantitative estimate of drug-likeness (QED) is 0.748. The number of hydrogen-bond donors (Lipinski definition) is 2. The summed E-state index contributed by atoms with van der Waals surface area (Å²) in [5.74, 6) is -0.921. The lowest BCUT2D eigenvalue weighted by Crippen LogP contribution is -1.99. The molecule has 0 aliphatic heterocycles. The Kier molecular flexibility index (Phi) is 2.80. The van der Waals surface area contributed by atoms with Crippen molar-refractivity contribution >= 4 is 34.5 Å². The van der Waals surface area contributed by atoms with E-state index in [0.29, 0.717) is 10.5 Å². The Morgan fingerprint density at radius 3 is 2.67 bits per heavy atom. The molecule has 1 aromatic carbocycles. The maximum Gasteiger partial charge on any atom is 0.335 e. The van der Waals surface area contributed by atoms with Crippen LogP contribution in [0.4, 0.5) is 0 Å².